The van der Waals surface area contributed by atoms with E-state index in [0.717, 1.165) is 45.3 Å². The summed E-state index contributed by atoms with van der Waals surface area (Å²) < 4.78 is 0. The van der Waals surface area contributed by atoms with Gasteiger partial charge in [-0.3, -0.25) is 9.69 Å². The normalized spacial score (nSPS) is 19.9. The molecule has 160 valence electrons. The van der Waals surface area contributed by atoms with E-state index in [2.05, 4.69) is 56.9 Å². The second-order valence-electron chi connectivity index (χ2n) is 9.54. The van der Waals surface area contributed by atoms with Crippen LogP contribution in [0, 0.1) is 11.8 Å². The van der Waals surface area contributed by atoms with Gasteiger partial charge in [0, 0.05) is 32.7 Å². The molecule has 29 heavy (non-hydrogen) atoms. The van der Waals surface area contributed by atoms with Crippen molar-refractivity contribution < 1.29 is 9.59 Å². The molecular weight excluding hydrogens is 362 g/mol. The minimum atomic E-state index is -0.621. The Morgan fingerprint density at radius 1 is 0.931 bits per heavy atom. The maximum Gasteiger partial charge on any atom is 0.327 e. The van der Waals surface area contributed by atoms with Crippen LogP contribution in [-0.4, -0.2) is 64.9 Å². The maximum absolute atomic E-state index is 13.4. The van der Waals surface area contributed by atoms with E-state index in [-0.39, 0.29) is 17.9 Å². The Morgan fingerprint density at radius 2 is 1.59 bits per heavy atom. The Kier molecular flexibility index (Phi) is 6.99. The first-order chi connectivity index (χ1) is 13.8. The molecule has 0 radical (unpaired) electrons. The molecule has 0 N–H and O–H groups in total. The van der Waals surface area contributed by atoms with E-state index < -0.39 is 5.54 Å². The third kappa shape index (κ3) is 4.82. The third-order valence-corrected chi connectivity index (χ3v) is 6.34. The Hall–Kier alpha value is -1.88. The van der Waals surface area contributed by atoms with E-state index >= 15 is 0 Å². The SMILES string of the molecule is CC(C)CCN1C(=O)N(CC(C)C)C(=O)C12CCN(CCc1ccccc1)CC2. The highest BCUT2D eigenvalue weighted by Gasteiger charge is 2.57. The van der Waals surface area contributed by atoms with Crippen molar-refractivity contribution in [3.05, 3.63) is 35.9 Å². The summed E-state index contributed by atoms with van der Waals surface area (Å²) in [6.07, 6.45) is 3.46. The molecule has 2 aliphatic rings. The first kappa shape index (κ1) is 21.8. The van der Waals surface area contributed by atoms with Gasteiger partial charge in [0.2, 0.25) is 0 Å². The van der Waals surface area contributed by atoms with E-state index in [9.17, 15) is 9.59 Å². The Bertz CT molecular complexity index is 693. The van der Waals surface area contributed by atoms with Crippen LogP contribution < -0.4 is 0 Å². The summed E-state index contributed by atoms with van der Waals surface area (Å²) in [5.41, 5.74) is 0.728. The first-order valence-electron chi connectivity index (χ1n) is 11.2. The van der Waals surface area contributed by atoms with Gasteiger partial charge in [-0.1, -0.05) is 58.0 Å². The van der Waals surface area contributed by atoms with Gasteiger partial charge in [0.15, 0.2) is 0 Å². The second-order valence-corrected chi connectivity index (χ2v) is 9.54. The van der Waals surface area contributed by atoms with E-state index in [4.69, 9.17) is 0 Å². The lowest BCUT2D eigenvalue weighted by Gasteiger charge is -2.42. The van der Waals surface area contributed by atoms with Crippen LogP contribution in [-0.2, 0) is 11.2 Å². The van der Waals surface area contributed by atoms with Crippen molar-refractivity contribution in [2.45, 2.75) is 58.9 Å². The molecule has 0 atom stereocenters. The van der Waals surface area contributed by atoms with Crippen molar-refractivity contribution in [1.29, 1.82) is 0 Å². The summed E-state index contributed by atoms with van der Waals surface area (Å²) >= 11 is 0. The molecule has 0 aliphatic carbocycles. The smallest absolute Gasteiger partial charge is 0.309 e. The lowest BCUT2D eigenvalue weighted by Crippen LogP contribution is -2.57. The van der Waals surface area contributed by atoms with Crippen molar-refractivity contribution in [3.8, 4) is 0 Å². The van der Waals surface area contributed by atoms with E-state index in [0.29, 0.717) is 19.0 Å². The number of hydrogen-bond acceptors (Lipinski definition) is 3. The molecule has 3 rings (SSSR count). The van der Waals surface area contributed by atoms with Gasteiger partial charge in [-0.15, -0.1) is 0 Å². The number of amides is 3. The molecule has 0 unspecified atom stereocenters. The summed E-state index contributed by atoms with van der Waals surface area (Å²) in [5.74, 6) is 0.846. The minimum absolute atomic E-state index is 0.0441. The average Bonchev–Trinajstić information content (AvgIpc) is 2.88. The number of carbonyl (C=O) groups excluding carboxylic acids is 2. The molecule has 0 bridgehead atoms. The largest absolute Gasteiger partial charge is 0.327 e. The van der Waals surface area contributed by atoms with Crippen LogP contribution in [0.3, 0.4) is 0 Å². The molecule has 1 spiro atoms. The quantitative estimate of drug-likeness (QED) is 0.620. The summed E-state index contributed by atoms with van der Waals surface area (Å²) in [6.45, 7) is 12.4. The topological polar surface area (TPSA) is 43.9 Å². The molecule has 2 heterocycles. The summed E-state index contributed by atoms with van der Waals surface area (Å²) in [5, 5.41) is 0. The van der Waals surface area contributed by atoms with Gasteiger partial charge in [-0.2, -0.15) is 0 Å². The van der Waals surface area contributed by atoms with Crippen LogP contribution in [0.15, 0.2) is 30.3 Å². The number of piperidine rings is 1. The summed E-state index contributed by atoms with van der Waals surface area (Å²) in [7, 11) is 0. The summed E-state index contributed by atoms with van der Waals surface area (Å²) in [4.78, 5) is 32.5. The van der Waals surface area contributed by atoms with Crippen LogP contribution in [0.2, 0.25) is 0 Å². The fourth-order valence-electron chi connectivity index (χ4n) is 4.57. The number of carbonyl (C=O) groups is 2. The predicted molar refractivity (Wildman–Crippen MR) is 117 cm³/mol. The lowest BCUT2D eigenvalue weighted by atomic mass is 9.85. The van der Waals surface area contributed by atoms with Gasteiger partial charge < -0.3 is 9.80 Å². The molecule has 2 fully saturated rings. The Balaban J connectivity index is 1.68. The van der Waals surface area contributed by atoms with Crippen LogP contribution >= 0.6 is 0 Å². The van der Waals surface area contributed by atoms with Gasteiger partial charge in [0.25, 0.3) is 5.91 Å². The van der Waals surface area contributed by atoms with Crippen molar-refractivity contribution in [1.82, 2.24) is 14.7 Å². The fourth-order valence-corrected chi connectivity index (χ4v) is 4.57. The number of urea groups is 1. The number of imide groups is 1. The van der Waals surface area contributed by atoms with Crippen LogP contribution in [0.4, 0.5) is 4.79 Å². The Morgan fingerprint density at radius 3 is 2.17 bits per heavy atom. The predicted octanol–water partition coefficient (Wildman–Crippen LogP) is 4.03. The van der Waals surface area contributed by atoms with Crippen molar-refractivity contribution in [2.75, 3.05) is 32.7 Å². The second kappa shape index (κ2) is 9.29. The lowest BCUT2D eigenvalue weighted by molar-refractivity contribution is -0.136. The van der Waals surface area contributed by atoms with Gasteiger partial charge in [-0.05, 0) is 43.1 Å². The molecule has 5 heteroatoms. The van der Waals surface area contributed by atoms with Crippen molar-refractivity contribution >= 4 is 11.9 Å². The number of nitrogens with zero attached hydrogens (tertiary/aromatic N) is 3. The van der Waals surface area contributed by atoms with Gasteiger partial charge in [0.1, 0.15) is 5.54 Å². The average molecular weight is 400 g/mol. The molecule has 5 nitrogen and oxygen atoms in total. The monoisotopic (exact) mass is 399 g/mol. The van der Waals surface area contributed by atoms with Gasteiger partial charge in [0.05, 0.1) is 0 Å². The van der Waals surface area contributed by atoms with E-state index in [1.807, 2.05) is 11.0 Å². The molecule has 2 aliphatic heterocycles. The molecule has 1 aromatic rings. The maximum atomic E-state index is 13.4. The molecule has 2 saturated heterocycles. The van der Waals surface area contributed by atoms with Crippen LogP contribution in [0.5, 0.6) is 0 Å². The Labute approximate surface area is 176 Å². The summed E-state index contributed by atoms with van der Waals surface area (Å²) in [6, 6.07) is 10.5. The fraction of sp³-hybridized carbons (Fsp3) is 0.667. The van der Waals surface area contributed by atoms with Crippen molar-refractivity contribution in [2.24, 2.45) is 11.8 Å². The van der Waals surface area contributed by atoms with E-state index in [1.165, 1.54) is 10.5 Å². The molecule has 0 aromatic heterocycles. The zero-order valence-electron chi connectivity index (χ0n) is 18.6. The molecular formula is C24H37N3O2. The zero-order valence-corrected chi connectivity index (χ0v) is 18.6. The molecule has 1 aromatic carbocycles. The van der Waals surface area contributed by atoms with Gasteiger partial charge in [-0.25, -0.2) is 4.79 Å². The number of likely N-dealkylation sites (tertiary alicyclic amines) is 1. The van der Waals surface area contributed by atoms with Crippen LogP contribution in [0.25, 0.3) is 0 Å². The number of benzene rings is 1. The highest BCUT2D eigenvalue weighted by Crippen LogP contribution is 2.38. The van der Waals surface area contributed by atoms with Crippen LogP contribution in [0.1, 0.15) is 52.5 Å². The molecule has 0 saturated carbocycles. The standard InChI is InChI=1S/C24H37N3O2/c1-19(2)10-15-27-23(29)26(18-20(3)4)22(28)24(27)12-16-25(17-13-24)14-11-21-8-6-5-7-9-21/h5-9,19-20H,10-18H2,1-4H3. The minimum Gasteiger partial charge on any atom is -0.309 e. The first-order valence-corrected chi connectivity index (χ1v) is 11.2. The van der Waals surface area contributed by atoms with Crippen molar-refractivity contribution in [3.63, 3.8) is 0 Å². The molecule has 3 amide bonds. The number of rotatable bonds is 8. The van der Waals surface area contributed by atoms with E-state index in [1.54, 1.807) is 0 Å². The highest BCUT2D eigenvalue weighted by atomic mass is 16.2. The third-order valence-electron chi connectivity index (χ3n) is 6.34. The zero-order chi connectivity index (χ0) is 21.0. The van der Waals surface area contributed by atoms with Gasteiger partial charge >= 0.3 is 6.03 Å². The highest BCUT2D eigenvalue weighted by molar-refractivity contribution is 6.07. The number of hydrogen-bond donors (Lipinski definition) is 0.